The molecule has 8 heteroatoms. The van der Waals surface area contributed by atoms with Crippen LogP contribution in [0.15, 0.2) is 59.5 Å². The number of sulfonamides is 1. The van der Waals surface area contributed by atoms with Gasteiger partial charge in [0.15, 0.2) is 0 Å². The Kier molecular flexibility index (Phi) is 7.24. The number of hydrogen-bond acceptors (Lipinski definition) is 4. The van der Waals surface area contributed by atoms with Crippen LogP contribution in [0.3, 0.4) is 0 Å². The molecule has 2 atom stereocenters. The van der Waals surface area contributed by atoms with E-state index in [9.17, 15) is 13.2 Å². The summed E-state index contributed by atoms with van der Waals surface area (Å²) in [5.74, 6) is -0.0363. The molecule has 2 aromatic rings. The molecular weight excluding hydrogens is 386 g/mol. The van der Waals surface area contributed by atoms with E-state index in [2.05, 4.69) is 22.3 Å². The molecule has 3 N–H and O–H groups in total. The van der Waals surface area contributed by atoms with Gasteiger partial charge in [0.05, 0.1) is 4.90 Å². The summed E-state index contributed by atoms with van der Waals surface area (Å²) in [4.78, 5) is 12.5. The number of carbonyl (C=O) groups excluding carboxylic acids is 1. The van der Waals surface area contributed by atoms with Crippen LogP contribution >= 0.6 is 12.4 Å². The molecule has 1 aliphatic heterocycles. The molecule has 1 saturated heterocycles. The van der Waals surface area contributed by atoms with Crippen molar-refractivity contribution in [1.29, 1.82) is 0 Å². The van der Waals surface area contributed by atoms with Crippen LogP contribution in [0.1, 0.15) is 19.8 Å². The Labute approximate surface area is 166 Å². The molecule has 1 heterocycles. The Morgan fingerprint density at radius 2 is 1.70 bits per heavy atom. The molecular formula is C19H24ClN3O3S. The quantitative estimate of drug-likeness (QED) is 0.707. The van der Waals surface area contributed by atoms with Gasteiger partial charge in [-0.05, 0) is 62.7 Å². The standard InChI is InChI=1S/C19H23N3O3S.ClH/c1-14-13-15(11-12-20-14)19(23)21-16-7-9-18(10-8-16)26(24,25)22-17-5-3-2-4-6-17;/h2-10,14-15,20,22H,11-13H2,1H3,(H,21,23);1H/t14-,15-;/m0./s1. The van der Waals surface area contributed by atoms with Crippen molar-refractivity contribution in [3.63, 3.8) is 0 Å². The summed E-state index contributed by atoms with van der Waals surface area (Å²) in [6.45, 7) is 2.90. The first-order valence-electron chi connectivity index (χ1n) is 8.66. The molecule has 0 radical (unpaired) electrons. The summed E-state index contributed by atoms with van der Waals surface area (Å²) in [6.07, 6.45) is 1.61. The van der Waals surface area contributed by atoms with E-state index in [1.807, 2.05) is 6.07 Å². The van der Waals surface area contributed by atoms with Crippen molar-refractivity contribution in [2.75, 3.05) is 16.6 Å². The van der Waals surface area contributed by atoms with Gasteiger partial charge in [-0.25, -0.2) is 8.42 Å². The molecule has 0 bridgehead atoms. The zero-order valence-electron chi connectivity index (χ0n) is 15.0. The number of hydrogen-bond donors (Lipinski definition) is 3. The fourth-order valence-corrected chi connectivity index (χ4v) is 4.11. The zero-order chi connectivity index (χ0) is 18.6. The minimum Gasteiger partial charge on any atom is -0.326 e. The number of nitrogens with one attached hydrogen (secondary N) is 3. The number of benzene rings is 2. The molecule has 6 nitrogen and oxygen atoms in total. The summed E-state index contributed by atoms with van der Waals surface area (Å²) in [7, 11) is -3.66. The van der Waals surface area contributed by atoms with Crippen LogP contribution in [0.5, 0.6) is 0 Å². The van der Waals surface area contributed by atoms with Crippen molar-refractivity contribution in [2.24, 2.45) is 5.92 Å². The van der Waals surface area contributed by atoms with Gasteiger partial charge in [-0.15, -0.1) is 12.4 Å². The minimum atomic E-state index is -3.66. The highest BCUT2D eigenvalue weighted by atomic mass is 35.5. The number of rotatable bonds is 5. The fourth-order valence-electron chi connectivity index (χ4n) is 3.05. The Hall–Kier alpha value is -2.09. The lowest BCUT2D eigenvalue weighted by molar-refractivity contribution is -0.120. The largest absolute Gasteiger partial charge is 0.326 e. The normalized spacial score (nSPS) is 19.6. The number of carbonyl (C=O) groups is 1. The lowest BCUT2D eigenvalue weighted by atomic mass is 9.92. The fraction of sp³-hybridized carbons (Fsp3) is 0.316. The van der Waals surface area contributed by atoms with Crippen LogP contribution in [0, 0.1) is 5.92 Å². The second-order valence-electron chi connectivity index (χ2n) is 6.56. The van der Waals surface area contributed by atoms with E-state index in [1.165, 1.54) is 12.1 Å². The number of anilines is 2. The molecule has 3 rings (SSSR count). The maximum atomic E-state index is 12.4. The molecule has 0 saturated carbocycles. The van der Waals surface area contributed by atoms with Crippen LogP contribution in [0.4, 0.5) is 11.4 Å². The van der Waals surface area contributed by atoms with Gasteiger partial charge in [-0.1, -0.05) is 18.2 Å². The van der Waals surface area contributed by atoms with Crippen LogP contribution in [-0.4, -0.2) is 26.9 Å². The van der Waals surface area contributed by atoms with E-state index in [0.717, 1.165) is 19.4 Å². The molecule has 0 spiro atoms. The molecule has 1 amide bonds. The summed E-state index contributed by atoms with van der Waals surface area (Å²) >= 11 is 0. The summed E-state index contributed by atoms with van der Waals surface area (Å²) in [5.41, 5.74) is 1.10. The van der Waals surface area contributed by atoms with Crippen molar-refractivity contribution in [2.45, 2.75) is 30.7 Å². The molecule has 1 fully saturated rings. The van der Waals surface area contributed by atoms with Gasteiger partial charge in [-0.3, -0.25) is 9.52 Å². The van der Waals surface area contributed by atoms with E-state index in [-0.39, 0.29) is 29.1 Å². The third kappa shape index (κ3) is 5.69. The molecule has 0 aliphatic carbocycles. The van der Waals surface area contributed by atoms with Gasteiger partial charge in [0.1, 0.15) is 0 Å². The Morgan fingerprint density at radius 1 is 1.04 bits per heavy atom. The summed E-state index contributed by atoms with van der Waals surface area (Å²) in [5, 5.41) is 6.20. The zero-order valence-corrected chi connectivity index (χ0v) is 16.6. The van der Waals surface area contributed by atoms with Crippen molar-refractivity contribution >= 4 is 39.7 Å². The first-order chi connectivity index (χ1) is 12.4. The maximum absolute atomic E-state index is 12.4. The average Bonchev–Trinajstić information content (AvgIpc) is 2.62. The Balaban J connectivity index is 0.00000261. The monoisotopic (exact) mass is 409 g/mol. The predicted octanol–water partition coefficient (Wildman–Crippen LogP) is 3.24. The van der Waals surface area contributed by atoms with Crippen molar-refractivity contribution in [3.8, 4) is 0 Å². The SMILES string of the molecule is C[C@H]1C[C@@H](C(=O)Nc2ccc(S(=O)(=O)Nc3ccccc3)cc2)CCN1.Cl. The smallest absolute Gasteiger partial charge is 0.261 e. The lowest BCUT2D eigenvalue weighted by Gasteiger charge is -2.27. The third-order valence-corrected chi connectivity index (χ3v) is 5.85. The highest BCUT2D eigenvalue weighted by Crippen LogP contribution is 2.21. The lowest BCUT2D eigenvalue weighted by Crippen LogP contribution is -2.40. The molecule has 0 unspecified atom stereocenters. The second-order valence-corrected chi connectivity index (χ2v) is 8.24. The van der Waals surface area contributed by atoms with Crippen LogP contribution in [0.25, 0.3) is 0 Å². The van der Waals surface area contributed by atoms with Crippen molar-refractivity contribution in [1.82, 2.24) is 5.32 Å². The number of halogens is 1. The maximum Gasteiger partial charge on any atom is 0.261 e. The van der Waals surface area contributed by atoms with Crippen LogP contribution in [0.2, 0.25) is 0 Å². The first kappa shape index (κ1) is 21.2. The topological polar surface area (TPSA) is 87.3 Å². The van der Waals surface area contributed by atoms with E-state index in [4.69, 9.17) is 0 Å². The van der Waals surface area contributed by atoms with Crippen LogP contribution < -0.4 is 15.4 Å². The van der Waals surface area contributed by atoms with Gasteiger partial charge >= 0.3 is 0 Å². The van der Waals surface area contributed by atoms with E-state index in [0.29, 0.717) is 17.4 Å². The van der Waals surface area contributed by atoms with Crippen LogP contribution in [-0.2, 0) is 14.8 Å². The van der Waals surface area contributed by atoms with Gasteiger partial charge in [0.2, 0.25) is 5.91 Å². The van der Waals surface area contributed by atoms with Crippen molar-refractivity contribution in [3.05, 3.63) is 54.6 Å². The predicted molar refractivity (Wildman–Crippen MR) is 110 cm³/mol. The van der Waals surface area contributed by atoms with Gasteiger partial charge in [-0.2, -0.15) is 0 Å². The number of para-hydroxylation sites is 1. The Morgan fingerprint density at radius 3 is 2.33 bits per heavy atom. The van der Waals surface area contributed by atoms with Gasteiger partial charge in [0, 0.05) is 23.3 Å². The summed E-state index contributed by atoms with van der Waals surface area (Å²) in [6, 6.07) is 15.3. The van der Waals surface area contributed by atoms with E-state index >= 15 is 0 Å². The van der Waals surface area contributed by atoms with E-state index in [1.54, 1.807) is 36.4 Å². The third-order valence-electron chi connectivity index (χ3n) is 4.45. The summed E-state index contributed by atoms with van der Waals surface area (Å²) < 4.78 is 27.4. The number of amides is 1. The molecule has 27 heavy (non-hydrogen) atoms. The second kappa shape index (κ2) is 9.21. The molecule has 146 valence electrons. The minimum absolute atomic E-state index is 0. The van der Waals surface area contributed by atoms with Gasteiger partial charge < -0.3 is 10.6 Å². The molecule has 1 aliphatic rings. The highest BCUT2D eigenvalue weighted by molar-refractivity contribution is 7.92. The van der Waals surface area contributed by atoms with Gasteiger partial charge in [0.25, 0.3) is 10.0 Å². The number of piperidine rings is 1. The van der Waals surface area contributed by atoms with E-state index < -0.39 is 10.0 Å². The Bertz CT molecular complexity index is 858. The first-order valence-corrected chi connectivity index (χ1v) is 10.1. The molecule has 2 aromatic carbocycles. The average molecular weight is 410 g/mol. The van der Waals surface area contributed by atoms with Crippen molar-refractivity contribution < 1.29 is 13.2 Å². The highest BCUT2D eigenvalue weighted by Gasteiger charge is 2.24. The molecule has 0 aromatic heterocycles.